The van der Waals surface area contributed by atoms with Gasteiger partial charge in [0, 0.05) is 54.9 Å². The van der Waals surface area contributed by atoms with Crippen molar-refractivity contribution < 1.29 is 4.79 Å². The van der Waals surface area contributed by atoms with Gasteiger partial charge in [0.2, 0.25) is 0 Å². The van der Waals surface area contributed by atoms with E-state index in [0.717, 1.165) is 42.8 Å². The lowest BCUT2D eigenvalue weighted by Gasteiger charge is -2.36. The molecule has 4 heteroatoms. The fraction of sp³-hybridized carbons (Fsp3) is 0.316. The smallest absolute Gasteiger partial charge is 0.164 e. The zero-order chi connectivity index (χ0) is 16.1. The van der Waals surface area contributed by atoms with Crippen molar-refractivity contribution in [3.8, 4) is 0 Å². The summed E-state index contributed by atoms with van der Waals surface area (Å²) in [4.78, 5) is 17.0. The SMILES string of the molecule is O=C(CCN1CCN(c2ccccc2)CC1)c1ccc(Br)cc1. The summed E-state index contributed by atoms with van der Waals surface area (Å²) < 4.78 is 1.01. The van der Waals surface area contributed by atoms with Gasteiger partial charge in [0.1, 0.15) is 0 Å². The first-order valence-corrected chi connectivity index (χ1v) is 8.83. The topological polar surface area (TPSA) is 23.6 Å². The first-order valence-electron chi connectivity index (χ1n) is 8.03. The molecule has 3 nitrogen and oxygen atoms in total. The number of rotatable bonds is 5. The van der Waals surface area contributed by atoms with E-state index in [1.165, 1.54) is 5.69 Å². The molecule has 1 aliphatic heterocycles. The Bertz CT molecular complexity index is 634. The molecule has 0 unspecified atom stereocenters. The van der Waals surface area contributed by atoms with Crippen molar-refractivity contribution in [1.82, 2.24) is 4.90 Å². The van der Waals surface area contributed by atoms with Crippen molar-refractivity contribution in [3.05, 3.63) is 64.6 Å². The minimum absolute atomic E-state index is 0.225. The lowest BCUT2D eigenvalue weighted by molar-refractivity contribution is 0.0962. The molecule has 0 radical (unpaired) electrons. The van der Waals surface area contributed by atoms with Crippen LogP contribution in [0.15, 0.2) is 59.1 Å². The van der Waals surface area contributed by atoms with Gasteiger partial charge in [0.25, 0.3) is 0 Å². The third-order valence-electron chi connectivity index (χ3n) is 4.31. The highest BCUT2D eigenvalue weighted by atomic mass is 79.9. The molecule has 23 heavy (non-hydrogen) atoms. The predicted octanol–water partition coefficient (Wildman–Crippen LogP) is 3.84. The molecule has 0 aliphatic carbocycles. The molecular weight excluding hydrogens is 352 g/mol. The van der Waals surface area contributed by atoms with Crippen molar-refractivity contribution >= 4 is 27.4 Å². The van der Waals surface area contributed by atoms with Gasteiger partial charge in [0.15, 0.2) is 5.78 Å². The predicted molar refractivity (Wildman–Crippen MR) is 98.2 cm³/mol. The summed E-state index contributed by atoms with van der Waals surface area (Å²) in [6.45, 7) is 4.93. The van der Waals surface area contributed by atoms with Crippen molar-refractivity contribution in [2.24, 2.45) is 0 Å². The molecule has 2 aromatic carbocycles. The minimum Gasteiger partial charge on any atom is -0.369 e. The Morgan fingerprint density at radius 3 is 2.22 bits per heavy atom. The van der Waals surface area contributed by atoms with Crippen LogP contribution >= 0.6 is 15.9 Å². The van der Waals surface area contributed by atoms with Crippen LogP contribution in [0, 0.1) is 0 Å². The van der Waals surface area contributed by atoms with Crippen LogP contribution in [0.3, 0.4) is 0 Å². The summed E-state index contributed by atoms with van der Waals surface area (Å²) in [5, 5.41) is 0. The Hall–Kier alpha value is -1.65. The number of ketones is 1. The monoisotopic (exact) mass is 372 g/mol. The van der Waals surface area contributed by atoms with Gasteiger partial charge in [-0.15, -0.1) is 0 Å². The van der Waals surface area contributed by atoms with Crippen molar-refractivity contribution in [2.75, 3.05) is 37.6 Å². The summed E-state index contributed by atoms with van der Waals surface area (Å²) in [5.74, 6) is 0.225. The molecule has 0 amide bonds. The molecule has 1 heterocycles. The van der Waals surface area contributed by atoms with Crippen molar-refractivity contribution in [1.29, 1.82) is 0 Å². The van der Waals surface area contributed by atoms with Gasteiger partial charge >= 0.3 is 0 Å². The second kappa shape index (κ2) is 7.75. The van der Waals surface area contributed by atoms with Crippen LogP contribution in [0.4, 0.5) is 5.69 Å². The lowest BCUT2D eigenvalue weighted by Crippen LogP contribution is -2.46. The number of hydrogen-bond acceptors (Lipinski definition) is 3. The lowest BCUT2D eigenvalue weighted by atomic mass is 10.1. The maximum atomic E-state index is 12.2. The minimum atomic E-state index is 0.225. The molecule has 0 bridgehead atoms. The summed E-state index contributed by atoms with van der Waals surface area (Å²) in [5.41, 5.74) is 2.09. The molecule has 0 atom stereocenters. The van der Waals surface area contributed by atoms with E-state index in [1.807, 2.05) is 30.3 Å². The van der Waals surface area contributed by atoms with E-state index in [1.54, 1.807) is 0 Å². The van der Waals surface area contributed by atoms with Crippen molar-refractivity contribution in [3.63, 3.8) is 0 Å². The molecule has 0 N–H and O–H groups in total. The third-order valence-corrected chi connectivity index (χ3v) is 4.84. The highest BCUT2D eigenvalue weighted by Gasteiger charge is 2.17. The second-order valence-electron chi connectivity index (χ2n) is 5.84. The van der Waals surface area contributed by atoms with Gasteiger partial charge in [-0.05, 0) is 24.3 Å². The molecule has 1 fully saturated rings. The van der Waals surface area contributed by atoms with Gasteiger partial charge < -0.3 is 4.90 Å². The van der Waals surface area contributed by atoms with Crippen LogP contribution in [0.2, 0.25) is 0 Å². The summed E-state index contributed by atoms with van der Waals surface area (Å²) in [6.07, 6.45) is 0.590. The van der Waals surface area contributed by atoms with Gasteiger partial charge in [-0.25, -0.2) is 0 Å². The Labute approximate surface area is 146 Å². The molecule has 2 aromatic rings. The van der Waals surface area contributed by atoms with E-state index >= 15 is 0 Å². The second-order valence-corrected chi connectivity index (χ2v) is 6.76. The Kier molecular flexibility index (Phi) is 5.47. The molecule has 0 saturated carbocycles. The summed E-state index contributed by atoms with van der Waals surface area (Å²) in [6, 6.07) is 18.2. The van der Waals surface area contributed by atoms with E-state index in [-0.39, 0.29) is 5.78 Å². The zero-order valence-corrected chi connectivity index (χ0v) is 14.7. The molecule has 0 aromatic heterocycles. The molecule has 0 spiro atoms. The molecule has 120 valence electrons. The van der Waals surface area contributed by atoms with Gasteiger partial charge in [0.05, 0.1) is 0 Å². The number of piperazine rings is 1. The standard InChI is InChI=1S/C19H21BrN2O/c20-17-8-6-16(7-9-17)19(23)10-11-21-12-14-22(15-13-21)18-4-2-1-3-5-18/h1-9H,10-15H2. The van der Waals surface area contributed by atoms with Crippen LogP contribution in [0.5, 0.6) is 0 Å². The first kappa shape index (κ1) is 16.2. The largest absolute Gasteiger partial charge is 0.369 e. The Morgan fingerprint density at radius 2 is 1.57 bits per heavy atom. The van der Waals surface area contributed by atoms with Crippen LogP contribution < -0.4 is 4.90 Å². The van der Waals surface area contributed by atoms with Gasteiger partial charge in [-0.2, -0.15) is 0 Å². The number of anilines is 1. The summed E-state index contributed by atoms with van der Waals surface area (Å²) >= 11 is 3.40. The van der Waals surface area contributed by atoms with Crippen molar-refractivity contribution in [2.45, 2.75) is 6.42 Å². The Morgan fingerprint density at radius 1 is 0.913 bits per heavy atom. The summed E-state index contributed by atoms with van der Waals surface area (Å²) in [7, 11) is 0. The number of hydrogen-bond donors (Lipinski definition) is 0. The number of para-hydroxylation sites is 1. The molecule has 1 saturated heterocycles. The normalized spacial score (nSPS) is 15.6. The number of carbonyl (C=O) groups excluding carboxylic acids is 1. The molecular formula is C19H21BrN2O. The van der Waals surface area contributed by atoms with Crippen LogP contribution in [0.1, 0.15) is 16.8 Å². The zero-order valence-electron chi connectivity index (χ0n) is 13.1. The van der Waals surface area contributed by atoms with E-state index in [0.29, 0.717) is 6.42 Å². The molecule has 1 aliphatic rings. The van der Waals surface area contributed by atoms with Crippen LogP contribution in [-0.4, -0.2) is 43.4 Å². The van der Waals surface area contributed by atoms with Gasteiger partial charge in [-0.1, -0.05) is 46.3 Å². The average Bonchev–Trinajstić information content (AvgIpc) is 2.61. The fourth-order valence-electron chi connectivity index (χ4n) is 2.91. The number of halogens is 1. The van der Waals surface area contributed by atoms with Gasteiger partial charge in [-0.3, -0.25) is 9.69 Å². The third kappa shape index (κ3) is 4.43. The number of Topliss-reactive ketones (excluding diaryl/α,β-unsaturated/α-hetero) is 1. The number of carbonyl (C=O) groups is 1. The molecule has 3 rings (SSSR count). The van der Waals surface area contributed by atoms with E-state index in [4.69, 9.17) is 0 Å². The highest BCUT2D eigenvalue weighted by molar-refractivity contribution is 9.10. The van der Waals surface area contributed by atoms with Crippen LogP contribution in [0.25, 0.3) is 0 Å². The quantitative estimate of drug-likeness (QED) is 0.744. The average molecular weight is 373 g/mol. The highest BCUT2D eigenvalue weighted by Crippen LogP contribution is 2.16. The van der Waals surface area contributed by atoms with E-state index in [2.05, 4.69) is 50.0 Å². The van der Waals surface area contributed by atoms with E-state index in [9.17, 15) is 4.79 Å². The Balaban J connectivity index is 1.46. The fourth-order valence-corrected chi connectivity index (χ4v) is 3.17. The number of benzene rings is 2. The maximum absolute atomic E-state index is 12.2. The van der Waals surface area contributed by atoms with E-state index < -0.39 is 0 Å². The maximum Gasteiger partial charge on any atom is 0.164 e. The first-order chi connectivity index (χ1) is 11.2. The van der Waals surface area contributed by atoms with Crippen LogP contribution in [-0.2, 0) is 0 Å². The number of nitrogens with zero attached hydrogens (tertiary/aromatic N) is 2.